The molecular weight excluding hydrogens is 257 g/mol. The van der Waals surface area contributed by atoms with Gasteiger partial charge in [-0.05, 0) is 36.4 Å². The molecule has 0 aliphatic carbocycles. The van der Waals surface area contributed by atoms with Crippen LogP contribution in [0, 0.1) is 17.1 Å². The number of carbonyl (C=O) groups excluding carboxylic acids is 1. The van der Waals surface area contributed by atoms with Crippen LogP contribution in [0.1, 0.15) is 17.2 Å². The summed E-state index contributed by atoms with van der Waals surface area (Å²) in [5.41, 5.74) is 2.47. The van der Waals surface area contributed by atoms with Crippen LogP contribution in [0.4, 0.5) is 15.8 Å². The van der Waals surface area contributed by atoms with Crippen LogP contribution in [0.2, 0.25) is 0 Å². The van der Waals surface area contributed by atoms with E-state index in [9.17, 15) is 9.18 Å². The summed E-state index contributed by atoms with van der Waals surface area (Å²) in [5.74, 6) is -0.613. The van der Waals surface area contributed by atoms with E-state index < -0.39 is 6.04 Å². The van der Waals surface area contributed by atoms with Gasteiger partial charge in [0.2, 0.25) is 0 Å². The first kappa shape index (κ1) is 12.2. The van der Waals surface area contributed by atoms with Gasteiger partial charge in [0.1, 0.15) is 11.9 Å². The van der Waals surface area contributed by atoms with Gasteiger partial charge in [-0.2, -0.15) is 5.26 Å². The number of halogens is 1. The minimum Gasteiger partial charge on any atom is -0.370 e. The van der Waals surface area contributed by atoms with Gasteiger partial charge in [0, 0.05) is 16.9 Å². The Morgan fingerprint density at radius 2 is 1.95 bits per heavy atom. The summed E-state index contributed by atoms with van der Waals surface area (Å²) in [5, 5.41) is 14.5. The highest BCUT2D eigenvalue weighted by atomic mass is 19.1. The molecule has 1 aliphatic rings. The van der Waals surface area contributed by atoms with Crippen LogP contribution in [0.3, 0.4) is 0 Å². The Morgan fingerprint density at radius 1 is 1.20 bits per heavy atom. The van der Waals surface area contributed by atoms with Gasteiger partial charge in [0.25, 0.3) is 5.91 Å². The zero-order chi connectivity index (χ0) is 14.1. The Hall–Kier alpha value is -2.87. The van der Waals surface area contributed by atoms with Crippen molar-refractivity contribution in [3.05, 3.63) is 59.4 Å². The molecule has 2 aromatic rings. The lowest BCUT2D eigenvalue weighted by molar-refractivity contribution is -0.116. The van der Waals surface area contributed by atoms with Crippen LogP contribution in [0.5, 0.6) is 0 Å². The summed E-state index contributed by atoms with van der Waals surface area (Å²) in [6.45, 7) is 0. The lowest BCUT2D eigenvalue weighted by Gasteiger charge is -2.12. The third-order valence-electron chi connectivity index (χ3n) is 3.17. The number of anilines is 2. The minimum atomic E-state index is -0.557. The fourth-order valence-electron chi connectivity index (χ4n) is 2.19. The molecule has 0 saturated carbocycles. The standard InChI is InChI=1S/C15H10FN3O/c16-10-3-6-12-13(7-10)19-15(20)14(12)18-11-4-1-9(8-17)2-5-11/h1-7,14,18H,(H,19,20). The third kappa shape index (κ3) is 2.08. The zero-order valence-corrected chi connectivity index (χ0v) is 10.4. The second-order valence-corrected chi connectivity index (χ2v) is 4.49. The number of nitrogens with zero attached hydrogens (tertiary/aromatic N) is 1. The number of carbonyl (C=O) groups is 1. The number of hydrogen-bond donors (Lipinski definition) is 2. The Balaban J connectivity index is 1.88. The Labute approximate surface area is 114 Å². The number of amides is 1. The molecule has 2 N–H and O–H groups in total. The van der Waals surface area contributed by atoms with Crippen LogP contribution < -0.4 is 10.6 Å². The maximum Gasteiger partial charge on any atom is 0.251 e. The van der Waals surface area contributed by atoms with Crippen molar-refractivity contribution in [2.75, 3.05) is 10.6 Å². The molecule has 1 heterocycles. The Bertz CT molecular complexity index is 719. The lowest BCUT2D eigenvalue weighted by Crippen LogP contribution is -2.19. The molecule has 0 spiro atoms. The summed E-state index contributed by atoms with van der Waals surface area (Å²) in [7, 11) is 0. The quantitative estimate of drug-likeness (QED) is 0.879. The topological polar surface area (TPSA) is 64.9 Å². The van der Waals surface area contributed by atoms with E-state index >= 15 is 0 Å². The molecular formula is C15H10FN3O. The van der Waals surface area contributed by atoms with Gasteiger partial charge in [0.15, 0.2) is 0 Å². The monoisotopic (exact) mass is 267 g/mol. The molecule has 1 amide bonds. The summed E-state index contributed by atoms with van der Waals surface area (Å²) in [6, 6.07) is 12.5. The predicted molar refractivity (Wildman–Crippen MR) is 72.6 cm³/mol. The molecule has 0 aromatic heterocycles. The summed E-state index contributed by atoms with van der Waals surface area (Å²) < 4.78 is 13.1. The molecule has 0 radical (unpaired) electrons. The van der Waals surface area contributed by atoms with Crippen LogP contribution >= 0.6 is 0 Å². The van der Waals surface area contributed by atoms with Crippen LogP contribution in [0.15, 0.2) is 42.5 Å². The molecule has 98 valence electrons. The van der Waals surface area contributed by atoms with Gasteiger partial charge in [-0.25, -0.2) is 4.39 Å². The average molecular weight is 267 g/mol. The van der Waals surface area contributed by atoms with E-state index in [0.717, 1.165) is 5.69 Å². The highest BCUT2D eigenvalue weighted by molar-refractivity contribution is 6.04. The van der Waals surface area contributed by atoms with Gasteiger partial charge in [0.05, 0.1) is 11.6 Å². The van der Waals surface area contributed by atoms with Gasteiger partial charge in [-0.3, -0.25) is 4.79 Å². The highest BCUT2D eigenvalue weighted by Gasteiger charge is 2.30. The molecule has 1 unspecified atom stereocenters. The summed E-state index contributed by atoms with van der Waals surface area (Å²) >= 11 is 0. The Morgan fingerprint density at radius 3 is 2.65 bits per heavy atom. The van der Waals surface area contributed by atoms with E-state index in [1.807, 2.05) is 6.07 Å². The number of nitriles is 1. The lowest BCUT2D eigenvalue weighted by atomic mass is 10.1. The number of fused-ring (bicyclic) bond motifs is 1. The molecule has 0 fully saturated rings. The molecule has 4 nitrogen and oxygen atoms in total. The van der Waals surface area contributed by atoms with Crippen molar-refractivity contribution in [3.8, 4) is 6.07 Å². The van der Waals surface area contributed by atoms with Crippen molar-refractivity contribution < 1.29 is 9.18 Å². The van der Waals surface area contributed by atoms with Crippen LogP contribution in [-0.4, -0.2) is 5.91 Å². The fraction of sp³-hybridized carbons (Fsp3) is 0.0667. The van der Waals surface area contributed by atoms with Crippen molar-refractivity contribution in [2.45, 2.75) is 6.04 Å². The molecule has 0 bridgehead atoms. The second-order valence-electron chi connectivity index (χ2n) is 4.49. The molecule has 1 aliphatic heterocycles. The smallest absolute Gasteiger partial charge is 0.251 e. The SMILES string of the molecule is N#Cc1ccc(NC2C(=O)Nc3cc(F)ccc32)cc1. The van der Waals surface area contributed by atoms with E-state index in [4.69, 9.17) is 5.26 Å². The maximum atomic E-state index is 13.1. The number of hydrogen-bond acceptors (Lipinski definition) is 3. The molecule has 1 atom stereocenters. The molecule has 0 saturated heterocycles. The highest BCUT2D eigenvalue weighted by Crippen LogP contribution is 2.33. The van der Waals surface area contributed by atoms with Crippen molar-refractivity contribution in [2.24, 2.45) is 0 Å². The minimum absolute atomic E-state index is 0.227. The van der Waals surface area contributed by atoms with Crippen molar-refractivity contribution in [3.63, 3.8) is 0 Å². The van der Waals surface area contributed by atoms with Crippen LogP contribution in [0.25, 0.3) is 0 Å². The first-order chi connectivity index (χ1) is 9.67. The number of nitrogens with one attached hydrogen (secondary N) is 2. The third-order valence-corrected chi connectivity index (χ3v) is 3.17. The van der Waals surface area contributed by atoms with Crippen molar-refractivity contribution in [1.82, 2.24) is 0 Å². The van der Waals surface area contributed by atoms with Gasteiger partial charge < -0.3 is 10.6 Å². The summed E-state index contributed by atoms with van der Waals surface area (Å²) in [6.07, 6.45) is 0. The number of rotatable bonds is 2. The van der Waals surface area contributed by atoms with Gasteiger partial charge >= 0.3 is 0 Å². The first-order valence-corrected chi connectivity index (χ1v) is 6.04. The van der Waals surface area contributed by atoms with E-state index in [1.54, 1.807) is 30.3 Å². The van der Waals surface area contributed by atoms with Gasteiger partial charge in [-0.1, -0.05) is 6.07 Å². The largest absolute Gasteiger partial charge is 0.370 e. The summed E-state index contributed by atoms with van der Waals surface area (Å²) in [4.78, 5) is 11.9. The van der Waals surface area contributed by atoms with Gasteiger partial charge in [-0.15, -0.1) is 0 Å². The Kier molecular flexibility index (Phi) is 2.84. The van der Waals surface area contributed by atoms with Crippen molar-refractivity contribution >= 4 is 17.3 Å². The maximum absolute atomic E-state index is 13.1. The molecule has 3 rings (SSSR count). The molecule has 5 heteroatoms. The van der Waals surface area contributed by atoms with E-state index in [0.29, 0.717) is 16.8 Å². The zero-order valence-electron chi connectivity index (χ0n) is 10.4. The molecule has 2 aromatic carbocycles. The van der Waals surface area contributed by atoms with E-state index in [-0.39, 0.29) is 11.7 Å². The normalized spacial score (nSPS) is 16.2. The van der Waals surface area contributed by atoms with Crippen molar-refractivity contribution in [1.29, 1.82) is 5.26 Å². The average Bonchev–Trinajstić information content (AvgIpc) is 2.75. The fourth-order valence-corrected chi connectivity index (χ4v) is 2.19. The predicted octanol–water partition coefficient (Wildman–Crippen LogP) is 2.80. The number of benzene rings is 2. The van der Waals surface area contributed by atoms with Crippen LogP contribution in [-0.2, 0) is 4.79 Å². The van der Waals surface area contributed by atoms with E-state index in [2.05, 4.69) is 10.6 Å². The van der Waals surface area contributed by atoms with E-state index in [1.165, 1.54) is 12.1 Å². The second kappa shape index (κ2) is 4.67. The molecule has 20 heavy (non-hydrogen) atoms. The first-order valence-electron chi connectivity index (χ1n) is 6.04.